The predicted molar refractivity (Wildman–Crippen MR) is 102 cm³/mol. The van der Waals surface area contributed by atoms with Crippen LogP contribution >= 0.6 is 0 Å². The summed E-state index contributed by atoms with van der Waals surface area (Å²) < 4.78 is 11.3. The summed E-state index contributed by atoms with van der Waals surface area (Å²) in [7, 11) is 0. The molecule has 0 aliphatic carbocycles. The standard InChI is InChI=1S/C22H20N2O2/c1-15-4-6-19(7-5-15)14-25-20-10-8-18(9-11-20)13-24-22-21(12-23)16(2)17(3)26-22/h4-11,13H,14H2,1-3H3/b24-13+. The van der Waals surface area contributed by atoms with Crippen molar-refractivity contribution in [3.63, 3.8) is 0 Å². The number of rotatable bonds is 5. The Labute approximate surface area is 153 Å². The van der Waals surface area contributed by atoms with Gasteiger partial charge in [0.1, 0.15) is 29.7 Å². The lowest BCUT2D eigenvalue weighted by Gasteiger charge is -2.06. The van der Waals surface area contributed by atoms with Crippen LogP contribution in [-0.2, 0) is 6.61 Å². The van der Waals surface area contributed by atoms with E-state index < -0.39 is 0 Å². The molecule has 4 heteroatoms. The predicted octanol–water partition coefficient (Wildman–Crippen LogP) is 5.41. The van der Waals surface area contributed by atoms with Gasteiger partial charge in [-0.15, -0.1) is 0 Å². The quantitative estimate of drug-likeness (QED) is 0.582. The third kappa shape index (κ3) is 4.01. The lowest BCUT2D eigenvalue weighted by atomic mass is 10.2. The number of aryl methyl sites for hydroxylation is 2. The molecule has 0 saturated heterocycles. The molecule has 0 radical (unpaired) electrons. The summed E-state index contributed by atoms with van der Waals surface area (Å²) in [5, 5.41) is 9.21. The average molecular weight is 344 g/mol. The largest absolute Gasteiger partial charge is 0.489 e. The Morgan fingerprint density at radius 1 is 1.04 bits per heavy atom. The third-order valence-electron chi connectivity index (χ3n) is 4.22. The van der Waals surface area contributed by atoms with Crippen molar-refractivity contribution in [2.24, 2.45) is 4.99 Å². The minimum Gasteiger partial charge on any atom is -0.489 e. The first kappa shape index (κ1) is 17.5. The minimum absolute atomic E-state index is 0.349. The molecular weight excluding hydrogens is 324 g/mol. The molecular formula is C22H20N2O2. The van der Waals surface area contributed by atoms with Crippen LogP contribution in [0.15, 0.2) is 57.9 Å². The lowest BCUT2D eigenvalue weighted by molar-refractivity contribution is 0.306. The van der Waals surface area contributed by atoms with E-state index >= 15 is 0 Å². The van der Waals surface area contributed by atoms with Gasteiger partial charge in [-0.05, 0) is 56.2 Å². The van der Waals surface area contributed by atoms with E-state index in [1.807, 2.05) is 38.1 Å². The Morgan fingerprint density at radius 2 is 1.73 bits per heavy atom. The van der Waals surface area contributed by atoms with Crippen LogP contribution in [0.1, 0.15) is 33.6 Å². The van der Waals surface area contributed by atoms with E-state index in [4.69, 9.17) is 9.15 Å². The van der Waals surface area contributed by atoms with Gasteiger partial charge in [0, 0.05) is 11.8 Å². The topological polar surface area (TPSA) is 58.5 Å². The summed E-state index contributed by atoms with van der Waals surface area (Å²) in [5.74, 6) is 1.86. The van der Waals surface area contributed by atoms with E-state index in [-0.39, 0.29) is 0 Å². The number of hydrogen-bond acceptors (Lipinski definition) is 4. The second kappa shape index (κ2) is 7.71. The van der Waals surface area contributed by atoms with Crippen LogP contribution in [0.25, 0.3) is 0 Å². The van der Waals surface area contributed by atoms with Crippen molar-refractivity contribution in [2.45, 2.75) is 27.4 Å². The Bertz CT molecular complexity index is 959. The number of hydrogen-bond donors (Lipinski definition) is 0. The highest BCUT2D eigenvalue weighted by molar-refractivity contribution is 5.82. The number of nitrogens with zero attached hydrogens (tertiary/aromatic N) is 2. The fourth-order valence-corrected chi connectivity index (χ4v) is 2.47. The van der Waals surface area contributed by atoms with E-state index in [1.165, 1.54) is 5.56 Å². The molecule has 3 aromatic rings. The van der Waals surface area contributed by atoms with Gasteiger partial charge >= 0.3 is 0 Å². The zero-order valence-corrected chi connectivity index (χ0v) is 15.1. The molecule has 0 amide bonds. The second-order valence-corrected chi connectivity index (χ2v) is 6.18. The average Bonchev–Trinajstić information content (AvgIpc) is 2.93. The minimum atomic E-state index is 0.349. The highest BCUT2D eigenvalue weighted by atomic mass is 16.5. The number of benzene rings is 2. The molecule has 0 bridgehead atoms. The molecule has 1 aromatic heterocycles. The monoisotopic (exact) mass is 344 g/mol. The summed E-state index contributed by atoms with van der Waals surface area (Å²) in [5.41, 5.74) is 4.59. The van der Waals surface area contributed by atoms with Crippen LogP contribution in [0.2, 0.25) is 0 Å². The lowest BCUT2D eigenvalue weighted by Crippen LogP contribution is -1.95. The van der Waals surface area contributed by atoms with Gasteiger partial charge in [0.2, 0.25) is 5.88 Å². The van der Waals surface area contributed by atoms with Gasteiger partial charge in [-0.1, -0.05) is 29.8 Å². The van der Waals surface area contributed by atoms with Crippen molar-refractivity contribution < 1.29 is 9.15 Å². The van der Waals surface area contributed by atoms with Crippen LogP contribution in [0.4, 0.5) is 5.88 Å². The van der Waals surface area contributed by atoms with E-state index in [2.05, 4.69) is 42.3 Å². The molecule has 0 unspecified atom stereocenters. The Kier molecular flexibility index (Phi) is 5.19. The third-order valence-corrected chi connectivity index (χ3v) is 4.22. The van der Waals surface area contributed by atoms with Crippen LogP contribution < -0.4 is 4.74 Å². The molecule has 0 atom stereocenters. The fourth-order valence-electron chi connectivity index (χ4n) is 2.47. The number of aliphatic imine (C=N–C) groups is 1. The van der Waals surface area contributed by atoms with Crippen LogP contribution in [0.5, 0.6) is 5.75 Å². The van der Waals surface area contributed by atoms with Gasteiger partial charge < -0.3 is 9.15 Å². The fraction of sp³-hybridized carbons (Fsp3) is 0.182. The summed E-state index contributed by atoms with van der Waals surface area (Å²) in [6, 6.07) is 18.1. The maximum absolute atomic E-state index is 9.21. The first-order valence-corrected chi connectivity index (χ1v) is 8.39. The van der Waals surface area contributed by atoms with E-state index in [0.29, 0.717) is 23.8 Å². The van der Waals surface area contributed by atoms with Crippen molar-refractivity contribution in [3.8, 4) is 11.8 Å². The normalized spacial score (nSPS) is 10.8. The Balaban J connectivity index is 1.65. The van der Waals surface area contributed by atoms with Crippen molar-refractivity contribution in [1.29, 1.82) is 5.26 Å². The molecule has 130 valence electrons. The molecule has 0 aliphatic heterocycles. The highest BCUT2D eigenvalue weighted by Gasteiger charge is 2.12. The van der Waals surface area contributed by atoms with Gasteiger partial charge in [0.05, 0.1) is 0 Å². The van der Waals surface area contributed by atoms with Crippen molar-refractivity contribution in [3.05, 3.63) is 82.1 Å². The summed E-state index contributed by atoms with van der Waals surface area (Å²) in [4.78, 5) is 4.31. The molecule has 0 spiro atoms. The molecule has 0 aliphatic rings. The molecule has 2 aromatic carbocycles. The molecule has 26 heavy (non-hydrogen) atoms. The van der Waals surface area contributed by atoms with Crippen LogP contribution in [-0.4, -0.2) is 6.21 Å². The van der Waals surface area contributed by atoms with Crippen molar-refractivity contribution in [2.75, 3.05) is 0 Å². The molecule has 3 rings (SSSR count). The van der Waals surface area contributed by atoms with E-state index in [9.17, 15) is 5.26 Å². The zero-order valence-electron chi connectivity index (χ0n) is 15.1. The summed E-state index contributed by atoms with van der Waals surface area (Å²) in [6.07, 6.45) is 1.68. The van der Waals surface area contributed by atoms with Gasteiger partial charge in [-0.3, -0.25) is 0 Å². The summed E-state index contributed by atoms with van der Waals surface area (Å²) >= 11 is 0. The number of ether oxygens (including phenoxy) is 1. The van der Waals surface area contributed by atoms with Crippen molar-refractivity contribution in [1.82, 2.24) is 0 Å². The van der Waals surface area contributed by atoms with Crippen LogP contribution in [0.3, 0.4) is 0 Å². The number of nitriles is 1. The zero-order chi connectivity index (χ0) is 18.5. The van der Waals surface area contributed by atoms with E-state index in [1.54, 1.807) is 6.21 Å². The molecule has 4 nitrogen and oxygen atoms in total. The highest BCUT2D eigenvalue weighted by Crippen LogP contribution is 2.27. The summed E-state index contributed by atoms with van der Waals surface area (Å²) in [6.45, 7) is 6.28. The second-order valence-electron chi connectivity index (χ2n) is 6.18. The SMILES string of the molecule is Cc1ccc(COc2ccc(/C=N/c3oc(C)c(C)c3C#N)cc2)cc1. The van der Waals surface area contributed by atoms with Gasteiger partial charge in [0.15, 0.2) is 0 Å². The first-order valence-electron chi connectivity index (χ1n) is 8.39. The Morgan fingerprint density at radius 3 is 2.38 bits per heavy atom. The van der Waals surface area contributed by atoms with Crippen LogP contribution in [0, 0.1) is 32.1 Å². The van der Waals surface area contributed by atoms with Crippen molar-refractivity contribution >= 4 is 12.1 Å². The van der Waals surface area contributed by atoms with E-state index in [0.717, 1.165) is 22.4 Å². The molecule has 1 heterocycles. The maximum Gasteiger partial charge on any atom is 0.237 e. The number of furan rings is 1. The maximum atomic E-state index is 9.21. The van der Waals surface area contributed by atoms with Gasteiger partial charge in [-0.2, -0.15) is 5.26 Å². The molecule has 0 fully saturated rings. The van der Waals surface area contributed by atoms with Gasteiger partial charge in [0.25, 0.3) is 0 Å². The Hall–Kier alpha value is -3.32. The first-order chi connectivity index (χ1) is 12.6. The smallest absolute Gasteiger partial charge is 0.237 e. The van der Waals surface area contributed by atoms with Gasteiger partial charge in [-0.25, -0.2) is 4.99 Å². The molecule has 0 saturated carbocycles. The molecule has 0 N–H and O–H groups in total.